The van der Waals surface area contributed by atoms with Gasteiger partial charge >= 0.3 is 0 Å². The van der Waals surface area contributed by atoms with Crippen LogP contribution in [0.3, 0.4) is 0 Å². The number of rotatable bonds is 5. The number of aromatic nitrogens is 4. The number of nitrogen functional groups attached to an aromatic ring is 1. The summed E-state index contributed by atoms with van der Waals surface area (Å²) in [6.45, 7) is 6.34. The van der Waals surface area contributed by atoms with Gasteiger partial charge in [0.1, 0.15) is 5.82 Å². The predicted molar refractivity (Wildman–Crippen MR) is 76.5 cm³/mol. The van der Waals surface area contributed by atoms with Gasteiger partial charge in [0, 0.05) is 5.56 Å². The van der Waals surface area contributed by atoms with Crippen molar-refractivity contribution >= 4 is 5.69 Å². The van der Waals surface area contributed by atoms with E-state index in [1.165, 1.54) is 12.1 Å². The molecule has 2 N–H and O–H groups in total. The maximum absolute atomic E-state index is 13.6. The highest BCUT2D eigenvalue weighted by atomic mass is 19.1. The lowest BCUT2D eigenvalue weighted by Gasteiger charge is -2.31. The molecule has 0 unspecified atom stereocenters. The zero-order chi connectivity index (χ0) is 14.8. The maximum Gasteiger partial charge on any atom is 0.182 e. The van der Waals surface area contributed by atoms with Gasteiger partial charge in [-0.05, 0) is 47.9 Å². The third-order valence-corrected chi connectivity index (χ3v) is 4.15. The Bertz CT molecular complexity index is 581. The number of hydrogen-bond acceptors (Lipinski definition) is 4. The molecule has 0 radical (unpaired) electrons. The first-order valence-corrected chi connectivity index (χ1v) is 6.92. The first kappa shape index (κ1) is 14.4. The van der Waals surface area contributed by atoms with Gasteiger partial charge < -0.3 is 5.73 Å². The smallest absolute Gasteiger partial charge is 0.182 e. The zero-order valence-corrected chi connectivity index (χ0v) is 12.1. The molecular weight excluding hydrogens is 257 g/mol. The summed E-state index contributed by atoms with van der Waals surface area (Å²) in [4.78, 5) is 0. The van der Waals surface area contributed by atoms with Gasteiger partial charge in [-0.25, -0.2) is 9.07 Å². The highest BCUT2D eigenvalue weighted by molar-refractivity contribution is 5.59. The number of nitrogens with zero attached hydrogens (tertiary/aromatic N) is 4. The number of hydrogen-bond donors (Lipinski definition) is 1. The normalized spacial score (nSPS) is 11.8. The fraction of sp³-hybridized carbons (Fsp3) is 0.500. The lowest BCUT2D eigenvalue weighted by molar-refractivity contribution is 0.223. The van der Waals surface area contributed by atoms with Crippen LogP contribution in [0.15, 0.2) is 18.2 Å². The van der Waals surface area contributed by atoms with E-state index in [1.54, 1.807) is 6.07 Å². The summed E-state index contributed by atoms with van der Waals surface area (Å²) in [5.41, 5.74) is 6.13. The standard InChI is InChI=1S/C14H20FN5/c1-4-14(5-2,6-3)20-13(17-18-19-20)10-7-8-12(16)11(15)9-10/h7-9H,4-6,16H2,1-3H3. The van der Waals surface area contributed by atoms with Gasteiger partial charge in [-0.2, -0.15) is 0 Å². The van der Waals surface area contributed by atoms with Crippen molar-refractivity contribution in [2.24, 2.45) is 0 Å². The third kappa shape index (κ3) is 2.26. The summed E-state index contributed by atoms with van der Waals surface area (Å²) in [6, 6.07) is 4.66. The van der Waals surface area contributed by atoms with E-state index >= 15 is 0 Å². The van der Waals surface area contributed by atoms with Crippen molar-refractivity contribution in [2.75, 3.05) is 5.73 Å². The molecule has 0 bridgehead atoms. The minimum Gasteiger partial charge on any atom is -0.396 e. The summed E-state index contributed by atoms with van der Waals surface area (Å²) in [6.07, 6.45) is 2.74. The van der Waals surface area contributed by atoms with Crippen LogP contribution in [-0.4, -0.2) is 20.2 Å². The molecule has 6 heteroatoms. The van der Waals surface area contributed by atoms with Crippen LogP contribution in [-0.2, 0) is 5.54 Å². The van der Waals surface area contributed by atoms with Crippen LogP contribution in [0.5, 0.6) is 0 Å². The molecule has 0 saturated heterocycles. The second-order valence-corrected chi connectivity index (χ2v) is 4.94. The van der Waals surface area contributed by atoms with E-state index < -0.39 is 5.82 Å². The largest absolute Gasteiger partial charge is 0.396 e. The summed E-state index contributed by atoms with van der Waals surface area (Å²) >= 11 is 0. The average Bonchev–Trinajstić information content (AvgIpc) is 2.95. The predicted octanol–water partition coefficient (Wildman–Crippen LogP) is 2.99. The SMILES string of the molecule is CCC(CC)(CC)n1nnnc1-c1ccc(N)c(F)c1. The van der Waals surface area contributed by atoms with Crippen molar-refractivity contribution in [1.29, 1.82) is 0 Å². The summed E-state index contributed by atoms with van der Waals surface area (Å²) in [7, 11) is 0. The molecule has 0 amide bonds. The van der Waals surface area contributed by atoms with Crippen LogP contribution in [0.4, 0.5) is 10.1 Å². The van der Waals surface area contributed by atoms with Crippen LogP contribution in [0.1, 0.15) is 40.0 Å². The lowest BCUT2D eigenvalue weighted by Crippen LogP contribution is -2.33. The third-order valence-electron chi connectivity index (χ3n) is 4.15. The van der Waals surface area contributed by atoms with Crippen LogP contribution in [0.2, 0.25) is 0 Å². The monoisotopic (exact) mass is 277 g/mol. The Morgan fingerprint density at radius 1 is 1.20 bits per heavy atom. The lowest BCUT2D eigenvalue weighted by atomic mass is 9.89. The molecule has 2 rings (SSSR count). The number of anilines is 1. The Balaban J connectivity index is 2.54. The maximum atomic E-state index is 13.6. The van der Waals surface area contributed by atoms with E-state index in [1.807, 2.05) is 4.68 Å². The molecule has 5 nitrogen and oxygen atoms in total. The van der Waals surface area contributed by atoms with Crippen molar-refractivity contribution in [3.8, 4) is 11.4 Å². The second-order valence-electron chi connectivity index (χ2n) is 4.94. The van der Waals surface area contributed by atoms with Gasteiger partial charge in [0.2, 0.25) is 0 Å². The summed E-state index contributed by atoms with van der Waals surface area (Å²) in [5, 5.41) is 12.0. The van der Waals surface area contributed by atoms with E-state index in [-0.39, 0.29) is 11.2 Å². The van der Waals surface area contributed by atoms with Crippen molar-refractivity contribution in [3.05, 3.63) is 24.0 Å². The van der Waals surface area contributed by atoms with E-state index in [0.29, 0.717) is 11.4 Å². The quantitative estimate of drug-likeness (QED) is 0.853. The molecule has 0 fully saturated rings. The van der Waals surface area contributed by atoms with Crippen molar-refractivity contribution < 1.29 is 4.39 Å². The van der Waals surface area contributed by atoms with Gasteiger partial charge in [0.05, 0.1) is 11.2 Å². The van der Waals surface area contributed by atoms with Crippen molar-refractivity contribution in [2.45, 2.75) is 45.6 Å². The molecule has 0 saturated carbocycles. The first-order valence-electron chi connectivity index (χ1n) is 6.92. The Labute approximate surface area is 118 Å². The second kappa shape index (κ2) is 5.56. The molecule has 1 aromatic carbocycles. The zero-order valence-electron chi connectivity index (χ0n) is 12.1. The summed E-state index contributed by atoms with van der Waals surface area (Å²) in [5.74, 6) is 0.126. The first-order chi connectivity index (χ1) is 9.57. The van der Waals surface area contributed by atoms with E-state index in [0.717, 1.165) is 19.3 Å². The van der Waals surface area contributed by atoms with E-state index in [9.17, 15) is 4.39 Å². The van der Waals surface area contributed by atoms with Crippen LogP contribution in [0.25, 0.3) is 11.4 Å². The molecule has 0 spiro atoms. The minimum absolute atomic E-state index is 0.125. The molecule has 0 atom stereocenters. The molecule has 1 aromatic heterocycles. The minimum atomic E-state index is -0.452. The average molecular weight is 277 g/mol. The van der Waals surface area contributed by atoms with E-state index in [2.05, 4.69) is 36.3 Å². The Morgan fingerprint density at radius 3 is 2.40 bits per heavy atom. The number of halogens is 1. The van der Waals surface area contributed by atoms with Gasteiger partial charge in [0.15, 0.2) is 5.82 Å². The van der Waals surface area contributed by atoms with Crippen LogP contribution < -0.4 is 5.73 Å². The highest BCUT2D eigenvalue weighted by Crippen LogP contribution is 2.32. The fourth-order valence-corrected chi connectivity index (χ4v) is 2.55. The highest BCUT2D eigenvalue weighted by Gasteiger charge is 2.30. The molecule has 0 aliphatic carbocycles. The molecule has 108 valence electrons. The van der Waals surface area contributed by atoms with Crippen LogP contribution in [0, 0.1) is 5.82 Å². The molecule has 0 aliphatic heterocycles. The molecule has 1 heterocycles. The van der Waals surface area contributed by atoms with Crippen LogP contribution >= 0.6 is 0 Å². The number of nitrogens with two attached hydrogens (primary N) is 1. The fourth-order valence-electron chi connectivity index (χ4n) is 2.55. The molecule has 20 heavy (non-hydrogen) atoms. The van der Waals surface area contributed by atoms with E-state index in [4.69, 9.17) is 5.73 Å². The van der Waals surface area contributed by atoms with Gasteiger partial charge in [0.25, 0.3) is 0 Å². The van der Waals surface area contributed by atoms with Gasteiger partial charge in [-0.15, -0.1) is 5.10 Å². The van der Waals surface area contributed by atoms with Gasteiger partial charge in [-0.3, -0.25) is 0 Å². The molecule has 0 aliphatic rings. The topological polar surface area (TPSA) is 69.6 Å². The number of tetrazole rings is 1. The Morgan fingerprint density at radius 2 is 1.85 bits per heavy atom. The molecule has 2 aromatic rings. The molecular formula is C14H20FN5. The van der Waals surface area contributed by atoms with Gasteiger partial charge in [-0.1, -0.05) is 20.8 Å². The van der Waals surface area contributed by atoms with Crippen molar-refractivity contribution in [1.82, 2.24) is 20.2 Å². The summed E-state index contributed by atoms with van der Waals surface area (Å²) < 4.78 is 15.5. The van der Waals surface area contributed by atoms with Crippen molar-refractivity contribution in [3.63, 3.8) is 0 Å². The Hall–Kier alpha value is -1.98. The Kier molecular flexibility index (Phi) is 4.01. The number of benzene rings is 1.